The molecule has 0 radical (unpaired) electrons. The van der Waals surface area contributed by atoms with Gasteiger partial charge in [-0.05, 0) is 29.6 Å². The van der Waals surface area contributed by atoms with Crippen LogP contribution in [0.4, 0.5) is 0 Å². The molecule has 0 aliphatic heterocycles. The molecule has 1 N–H and O–H groups in total. The Hall–Kier alpha value is -1.78. The summed E-state index contributed by atoms with van der Waals surface area (Å²) in [6.07, 6.45) is 0.0898. The van der Waals surface area contributed by atoms with Crippen LogP contribution in [0.15, 0.2) is 65.6 Å². The molecule has 0 aromatic heterocycles. The van der Waals surface area contributed by atoms with Crippen LogP contribution in [0, 0.1) is 0 Å². The van der Waals surface area contributed by atoms with E-state index in [0.717, 1.165) is 10.5 Å². The molecule has 0 heterocycles. The molecule has 104 valence electrons. The third-order valence-electron chi connectivity index (χ3n) is 2.85. The molecule has 0 saturated heterocycles. The average Bonchev–Trinajstić information content (AvgIpc) is 2.52. The molecule has 2 aromatic rings. The lowest BCUT2D eigenvalue weighted by Crippen LogP contribution is -2.33. The van der Waals surface area contributed by atoms with Crippen molar-refractivity contribution in [3.05, 3.63) is 66.2 Å². The summed E-state index contributed by atoms with van der Waals surface area (Å²) in [7, 11) is 1.56. The van der Waals surface area contributed by atoms with Gasteiger partial charge in [-0.1, -0.05) is 48.5 Å². The van der Waals surface area contributed by atoms with Crippen molar-refractivity contribution in [3.8, 4) is 0 Å². The van der Waals surface area contributed by atoms with Gasteiger partial charge >= 0.3 is 0 Å². The maximum Gasteiger partial charge on any atom is 0.259 e. The lowest BCUT2D eigenvalue weighted by atomic mass is 10.1. The Kier molecular flexibility index (Phi) is 5.65. The van der Waals surface area contributed by atoms with Crippen molar-refractivity contribution < 1.29 is 9.53 Å². The molecule has 0 fully saturated rings. The van der Waals surface area contributed by atoms with Crippen LogP contribution in [0.2, 0.25) is 0 Å². The van der Waals surface area contributed by atoms with Crippen molar-refractivity contribution in [2.75, 3.05) is 7.11 Å². The zero-order chi connectivity index (χ0) is 14.2. The Bertz CT molecular complexity index is 531. The van der Waals surface area contributed by atoms with E-state index in [0.29, 0.717) is 6.42 Å². The molecule has 4 heteroatoms. The van der Waals surface area contributed by atoms with Gasteiger partial charge in [0.1, 0.15) is 6.10 Å². The second-order valence-corrected chi connectivity index (χ2v) is 5.18. The second kappa shape index (κ2) is 7.72. The maximum atomic E-state index is 12.1. The predicted octanol–water partition coefficient (Wildman–Crippen LogP) is 3.07. The summed E-state index contributed by atoms with van der Waals surface area (Å²) in [6, 6.07) is 19.6. The van der Waals surface area contributed by atoms with E-state index in [-0.39, 0.29) is 5.91 Å². The zero-order valence-corrected chi connectivity index (χ0v) is 12.1. The van der Waals surface area contributed by atoms with Gasteiger partial charge < -0.3 is 4.74 Å². The Balaban J connectivity index is 1.89. The summed E-state index contributed by atoms with van der Waals surface area (Å²) >= 11 is 1.30. The molecule has 0 saturated carbocycles. The van der Waals surface area contributed by atoms with E-state index in [1.807, 2.05) is 60.7 Å². The third kappa shape index (κ3) is 4.40. The summed E-state index contributed by atoms with van der Waals surface area (Å²) in [5, 5.41) is 0. The molecule has 0 bridgehead atoms. The molecule has 2 aromatic carbocycles. The first-order valence-electron chi connectivity index (χ1n) is 6.38. The molecule has 0 aliphatic rings. The number of methoxy groups -OCH3 is 1. The van der Waals surface area contributed by atoms with E-state index in [4.69, 9.17) is 4.74 Å². The SMILES string of the molecule is COC(Cc1ccccc1)C(=O)NSc1ccccc1. The number of ether oxygens (including phenoxy) is 1. The highest BCUT2D eigenvalue weighted by Crippen LogP contribution is 2.14. The number of nitrogens with one attached hydrogen (secondary N) is 1. The summed E-state index contributed by atoms with van der Waals surface area (Å²) in [6.45, 7) is 0. The summed E-state index contributed by atoms with van der Waals surface area (Å²) in [5.74, 6) is -0.120. The van der Waals surface area contributed by atoms with Crippen LogP contribution in [0.1, 0.15) is 5.56 Å². The average molecular weight is 287 g/mol. The molecule has 20 heavy (non-hydrogen) atoms. The van der Waals surface area contributed by atoms with E-state index in [1.165, 1.54) is 11.9 Å². The first-order valence-corrected chi connectivity index (χ1v) is 7.19. The molecule has 2 rings (SSSR count). The monoisotopic (exact) mass is 287 g/mol. The van der Waals surface area contributed by atoms with Crippen LogP contribution < -0.4 is 4.72 Å². The Morgan fingerprint density at radius 1 is 1.10 bits per heavy atom. The maximum absolute atomic E-state index is 12.1. The van der Waals surface area contributed by atoms with E-state index in [9.17, 15) is 4.79 Å². The molecule has 3 nitrogen and oxygen atoms in total. The topological polar surface area (TPSA) is 38.3 Å². The number of carbonyl (C=O) groups excluding carboxylic acids is 1. The Labute approximate surface area is 123 Å². The second-order valence-electron chi connectivity index (χ2n) is 4.30. The highest BCUT2D eigenvalue weighted by molar-refractivity contribution is 7.98. The minimum Gasteiger partial charge on any atom is -0.371 e. The van der Waals surface area contributed by atoms with Crippen molar-refractivity contribution >= 4 is 17.9 Å². The van der Waals surface area contributed by atoms with E-state index >= 15 is 0 Å². The van der Waals surface area contributed by atoms with Gasteiger partial charge in [0.15, 0.2) is 0 Å². The minimum atomic E-state index is -0.478. The smallest absolute Gasteiger partial charge is 0.259 e. The highest BCUT2D eigenvalue weighted by atomic mass is 32.2. The fourth-order valence-electron chi connectivity index (χ4n) is 1.77. The number of rotatable bonds is 6. The molecule has 1 unspecified atom stereocenters. The van der Waals surface area contributed by atoms with Crippen LogP contribution in [-0.2, 0) is 16.0 Å². The van der Waals surface area contributed by atoms with Crippen molar-refractivity contribution in [2.24, 2.45) is 0 Å². The minimum absolute atomic E-state index is 0.120. The quantitative estimate of drug-likeness (QED) is 0.830. The molecular formula is C16H17NO2S. The van der Waals surface area contributed by atoms with Crippen LogP contribution >= 0.6 is 11.9 Å². The van der Waals surface area contributed by atoms with Crippen LogP contribution in [0.3, 0.4) is 0 Å². The van der Waals surface area contributed by atoms with Gasteiger partial charge in [-0.2, -0.15) is 0 Å². The van der Waals surface area contributed by atoms with E-state index in [1.54, 1.807) is 7.11 Å². The van der Waals surface area contributed by atoms with Crippen molar-refractivity contribution in [2.45, 2.75) is 17.4 Å². The number of amides is 1. The molecule has 1 amide bonds. The molecule has 0 spiro atoms. The lowest BCUT2D eigenvalue weighted by molar-refractivity contribution is -0.128. The van der Waals surface area contributed by atoms with Crippen LogP contribution in [-0.4, -0.2) is 19.1 Å². The number of hydrogen-bond donors (Lipinski definition) is 1. The predicted molar refractivity (Wildman–Crippen MR) is 81.4 cm³/mol. The van der Waals surface area contributed by atoms with Gasteiger partial charge in [-0.15, -0.1) is 0 Å². The van der Waals surface area contributed by atoms with Crippen molar-refractivity contribution in [1.29, 1.82) is 0 Å². The van der Waals surface area contributed by atoms with E-state index < -0.39 is 6.10 Å². The highest BCUT2D eigenvalue weighted by Gasteiger charge is 2.18. The fraction of sp³-hybridized carbons (Fsp3) is 0.188. The van der Waals surface area contributed by atoms with Gasteiger partial charge in [-0.3, -0.25) is 9.52 Å². The molecular weight excluding hydrogens is 270 g/mol. The summed E-state index contributed by atoms with van der Waals surface area (Å²) in [4.78, 5) is 13.1. The fourth-order valence-corrected chi connectivity index (χ4v) is 2.42. The first kappa shape index (κ1) is 14.6. The normalized spacial score (nSPS) is 11.8. The molecule has 1 atom stereocenters. The Morgan fingerprint density at radius 3 is 2.30 bits per heavy atom. The zero-order valence-electron chi connectivity index (χ0n) is 11.3. The van der Waals surface area contributed by atoms with Gasteiger partial charge in [0, 0.05) is 18.4 Å². The third-order valence-corrected chi connectivity index (χ3v) is 3.66. The standard InChI is InChI=1S/C16H17NO2S/c1-19-15(12-13-8-4-2-5-9-13)16(18)17-20-14-10-6-3-7-11-14/h2-11,15H,12H2,1H3,(H,17,18). The lowest BCUT2D eigenvalue weighted by Gasteiger charge is -2.14. The van der Waals surface area contributed by atoms with Crippen molar-refractivity contribution in [1.82, 2.24) is 4.72 Å². The van der Waals surface area contributed by atoms with E-state index in [2.05, 4.69) is 4.72 Å². The van der Waals surface area contributed by atoms with Gasteiger partial charge in [0.05, 0.1) is 0 Å². The number of hydrogen-bond acceptors (Lipinski definition) is 3. The first-order chi connectivity index (χ1) is 9.79. The summed E-state index contributed by atoms with van der Waals surface area (Å²) in [5.41, 5.74) is 1.08. The Morgan fingerprint density at radius 2 is 1.70 bits per heavy atom. The molecule has 0 aliphatic carbocycles. The number of benzene rings is 2. The van der Waals surface area contributed by atoms with Gasteiger partial charge in [0.2, 0.25) is 0 Å². The van der Waals surface area contributed by atoms with Gasteiger partial charge in [0.25, 0.3) is 5.91 Å². The van der Waals surface area contributed by atoms with Crippen LogP contribution in [0.5, 0.6) is 0 Å². The number of carbonyl (C=O) groups is 1. The van der Waals surface area contributed by atoms with Crippen LogP contribution in [0.25, 0.3) is 0 Å². The van der Waals surface area contributed by atoms with Gasteiger partial charge in [-0.25, -0.2) is 0 Å². The van der Waals surface area contributed by atoms with Crippen molar-refractivity contribution in [3.63, 3.8) is 0 Å². The summed E-state index contributed by atoms with van der Waals surface area (Å²) < 4.78 is 8.10. The largest absolute Gasteiger partial charge is 0.371 e.